The molecule has 2 heterocycles. The van der Waals surface area contributed by atoms with Crippen molar-refractivity contribution >= 4 is 23.1 Å². The first-order valence-corrected chi connectivity index (χ1v) is 9.28. The standard InChI is InChI=1S/C17H19N5O2S/c1-4-5-15-14(10-12-6-8-13(9-7-12)22(23)24)16-19-17(25-3)20-21(16)11(2)18-15/h6-9H,4-5,10H2,1-3H3. The van der Waals surface area contributed by atoms with Crippen molar-refractivity contribution in [3.63, 3.8) is 0 Å². The Hall–Kier alpha value is -2.48. The number of rotatable bonds is 6. The van der Waals surface area contributed by atoms with E-state index >= 15 is 0 Å². The van der Waals surface area contributed by atoms with Gasteiger partial charge in [0.2, 0.25) is 5.16 Å². The fourth-order valence-electron chi connectivity index (χ4n) is 2.80. The summed E-state index contributed by atoms with van der Waals surface area (Å²) in [6.45, 7) is 4.05. The largest absolute Gasteiger partial charge is 0.269 e. The van der Waals surface area contributed by atoms with Gasteiger partial charge in [0.15, 0.2) is 5.65 Å². The minimum absolute atomic E-state index is 0.0943. The summed E-state index contributed by atoms with van der Waals surface area (Å²) in [5.74, 6) is 0.818. The first kappa shape index (κ1) is 17.3. The molecule has 0 saturated carbocycles. The zero-order chi connectivity index (χ0) is 18.0. The Labute approximate surface area is 149 Å². The average molecular weight is 357 g/mol. The van der Waals surface area contributed by atoms with Gasteiger partial charge in [-0.25, -0.2) is 9.97 Å². The van der Waals surface area contributed by atoms with E-state index in [1.165, 1.54) is 23.9 Å². The second-order valence-corrected chi connectivity index (χ2v) is 6.54. The third-order valence-electron chi connectivity index (χ3n) is 4.01. The number of nitrogens with zero attached hydrogens (tertiary/aromatic N) is 5. The fourth-order valence-corrected chi connectivity index (χ4v) is 3.15. The van der Waals surface area contributed by atoms with Crippen molar-refractivity contribution in [3.05, 3.63) is 57.0 Å². The molecule has 0 aliphatic heterocycles. The highest BCUT2D eigenvalue weighted by atomic mass is 32.2. The molecule has 2 aromatic heterocycles. The smallest absolute Gasteiger partial charge is 0.258 e. The number of nitro groups is 1. The first-order valence-electron chi connectivity index (χ1n) is 8.06. The summed E-state index contributed by atoms with van der Waals surface area (Å²) < 4.78 is 1.78. The second-order valence-electron chi connectivity index (χ2n) is 5.77. The van der Waals surface area contributed by atoms with E-state index in [1.807, 2.05) is 13.2 Å². The van der Waals surface area contributed by atoms with Crippen LogP contribution in [-0.4, -0.2) is 30.8 Å². The van der Waals surface area contributed by atoms with Gasteiger partial charge in [-0.05, 0) is 25.2 Å². The lowest BCUT2D eigenvalue weighted by Crippen LogP contribution is -2.08. The summed E-state index contributed by atoms with van der Waals surface area (Å²) in [7, 11) is 0. The lowest BCUT2D eigenvalue weighted by Gasteiger charge is -2.11. The van der Waals surface area contributed by atoms with Gasteiger partial charge in [-0.2, -0.15) is 4.52 Å². The van der Waals surface area contributed by atoms with E-state index in [9.17, 15) is 10.1 Å². The molecular weight excluding hydrogens is 338 g/mol. The van der Waals surface area contributed by atoms with E-state index in [2.05, 4.69) is 17.0 Å². The number of fused-ring (bicyclic) bond motifs is 1. The quantitative estimate of drug-likeness (QED) is 0.380. The Morgan fingerprint density at radius 2 is 1.96 bits per heavy atom. The Kier molecular flexibility index (Phi) is 4.98. The van der Waals surface area contributed by atoms with Crippen molar-refractivity contribution in [1.82, 2.24) is 19.6 Å². The number of hydrogen-bond donors (Lipinski definition) is 0. The van der Waals surface area contributed by atoms with Crippen LogP contribution in [0.25, 0.3) is 5.65 Å². The Morgan fingerprint density at radius 1 is 1.24 bits per heavy atom. The maximum absolute atomic E-state index is 10.8. The van der Waals surface area contributed by atoms with Gasteiger partial charge in [0.1, 0.15) is 5.82 Å². The van der Waals surface area contributed by atoms with Crippen LogP contribution in [0.3, 0.4) is 0 Å². The monoisotopic (exact) mass is 357 g/mol. The molecule has 0 atom stereocenters. The van der Waals surface area contributed by atoms with Crippen LogP contribution in [0, 0.1) is 17.0 Å². The van der Waals surface area contributed by atoms with Crippen molar-refractivity contribution in [2.24, 2.45) is 0 Å². The Bertz CT molecular complexity index is 921. The van der Waals surface area contributed by atoms with E-state index in [0.29, 0.717) is 11.6 Å². The van der Waals surface area contributed by atoms with Crippen LogP contribution in [0.15, 0.2) is 29.4 Å². The predicted molar refractivity (Wildman–Crippen MR) is 97.2 cm³/mol. The van der Waals surface area contributed by atoms with Gasteiger partial charge in [0.05, 0.1) is 4.92 Å². The van der Waals surface area contributed by atoms with E-state index in [-0.39, 0.29) is 10.6 Å². The molecule has 3 rings (SSSR count). The van der Waals surface area contributed by atoms with Gasteiger partial charge in [-0.3, -0.25) is 10.1 Å². The molecule has 0 saturated heterocycles. The molecule has 0 amide bonds. The van der Waals surface area contributed by atoms with E-state index in [0.717, 1.165) is 41.1 Å². The molecular formula is C17H19N5O2S. The molecule has 0 unspecified atom stereocenters. The minimum Gasteiger partial charge on any atom is -0.258 e. The van der Waals surface area contributed by atoms with E-state index in [1.54, 1.807) is 16.6 Å². The third-order valence-corrected chi connectivity index (χ3v) is 4.54. The summed E-state index contributed by atoms with van der Waals surface area (Å²) >= 11 is 1.50. The highest BCUT2D eigenvalue weighted by Gasteiger charge is 2.17. The molecule has 8 heteroatoms. The summed E-state index contributed by atoms with van der Waals surface area (Å²) in [6.07, 6.45) is 4.41. The predicted octanol–water partition coefficient (Wildman–Crippen LogP) is 3.61. The number of benzene rings is 1. The summed E-state index contributed by atoms with van der Waals surface area (Å²) in [4.78, 5) is 19.8. The van der Waals surface area contributed by atoms with Gasteiger partial charge in [-0.15, -0.1) is 5.10 Å². The third kappa shape index (κ3) is 3.48. The average Bonchev–Trinajstić information content (AvgIpc) is 3.04. The molecule has 130 valence electrons. The highest BCUT2D eigenvalue weighted by Crippen LogP contribution is 2.23. The molecule has 0 spiro atoms. The number of thioether (sulfide) groups is 1. The molecule has 7 nitrogen and oxygen atoms in total. The number of nitro benzene ring substituents is 1. The Balaban J connectivity index is 2.08. The number of aryl methyl sites for hydroxylation is 2. The van der Waals surface area contributed by atoms with Crippen molar-refractivity contribution in [2.45, 2.75) is 38.3 Å². The lowest BCUT2D eigenvalue weighted by atomic mass is 10.0. The number of hydrogen-bond acceptors (Lipinski definition) is 6. The van der Waals surface area contributed by atoms with Crippen LogP contribution in [0.1, 0.15) is 36.0 Å². The van der Waals surface area contributed by atoms with Gasteiger partial charge >= 0.3 is 0 Å². The van der Waals surface area contributed by atoms with Crippen molar-refractivity contribution in [3.8, 4) is 0 Å². The molecule has 0 radical (unpaired) electrons. The van der Waals surface area contributed by atoms with Crippen molar-refractivity contribution < 1.29 is 4.92 Å². The summed E-state index contributed by atoms with van der Waals surface area (Å²) in [5.41, 5.74) is 3.96. The molecule has 0 aliphatic carbocycles. The van der Waals surface area contributed by atoms with Crippen molar-refractivity contribution in [2.75, 3.05) is 6.26 Å². The maximum Gasteiger partial charge on any atom is 0.269 e. The van der Waals surface area contributed by atoms with Crippen molar-refractivity contribution in [1.29, 1.82) is 0 Å². The normalized spacial score (nSPS) is 11.2. The molecule has 0 aliphatic rings. The van der Waals surface area contributed by atoms with E-state index < -0.39 is 0 Å². The maximum atomic E-state index is 10.8. The summed E-state index contributed by atoms with van der Waals surface area (Å²) in [6, 6.07) is 6.64. The topological polar surface area (TPSA) is 86.2 Å². The summed E-state index contributed by atoms with van der Waals surface area (Å²) in [5, 5.41) is 16.0. The molecule has 3 aromatic rings. The fraction of sp³-hybridized carbons (Fsp3) is 0.353. The highest BCUT2D eigenvalue weighted by molar-refractivity contribution is 7.98. The minimum atomic E-state index is -0.388. The molecule has 0 fully saturated rings. The molecule has 0 bridgehead atoms. The van der Waals surface area contributed by atoms with E-state index in [4.69, 9.17) is 4.98 Å². The van der Waals surface area contributed by atoms with Gasteiger partial charge in [-0.1, -0.05) is 37.2 Å². The Morgan fingerprint density at radius 3 is 2.56 bits per heavy atom. The van der Waals surface area contributed by atoms with Crippen LogP contribution in [0.5, 0.6) is 0 Å². The van der Waals surface area contributed by atoms with Gasteiger partial charge in [0.25, 0.3) is 5.69 Å². The molecule has 0 N–H and O–H groups in total. The van der Waals surface area contributed by atoms with Gasteiger partial charge in [0, 0.05) is 29.8 Å². The van der Waals surface area contributed by atoms with Crippen LogP contribution >= 0.6 is 11.8 Å². The van der Waals surface area contributed by atoms with Crippen LogP contribution in [-0.2, 0) is 12.8 Å². The number of aromatic nitrogens is 4. The van der Waals surface area contributed by atoms with Crippen LogP contribution in [0.2, 0.25) is 0 Å². The zero-order valence-electron chi connectivity index (χ0n) is 14.4. The van der Waals surface area contributed by atoms with Crippen LogP contribution < -0.4 is 0 Å². The molecule has 25 heavy (non-hydrogen) atoms. The van der Waals surface area contributed by atoms with Gasteiger partial charge < -0.3 is 0 Å². The first-order chi connectivity index (χ1) is 12.0. The lowest BCUT2D eigenvalue weighted by molar-refractivity contribution is -0.384. The van der Waals surface area contributed by atoms with Crippen LogP contribution in [0.4, 0.5) is 5.69 Å². The second kappa shape index (κ2) is 7.18. The molecule has 1 aromatic carbocycles. The zero-order valence-corrected chi connectivity index (χ0v) is 15.2. The SMILES string of the molecule is CCCc1nc(C)n2nc(SC)nc2c1Cc1ccc([N+](=O)[O-])cc1. The number of non-ortho nitro benzene ring substituents is 1.